The number of imidazole rings is 1. The molecule has 3 aromatic heterocycles. The zero-order valence-corrected chi connectivity index (χ0v) is 24.7. The quantitative estimate of drug-likeness (QED) is 0.178. The Morgan fingerprint density at radius 3 is 2.78 bits per heavy atom. The Bertz CT molecular complexity index is 1820. The zero-order chi connectivity index (χ0) is 33.0. The number of nitriles is 1. The van der Waals surface area contributed by atoms with E-state index in [0.29, 0.717) is 12.1 Å². The minimum absolute atomic E-state index is 0.0202. The number of hydrogen-bond donors (Lipinski definition) is 4. The van der Waals surface area contributed by atoms with Crippen molar-refractivity contribution in [2.45, 2.75) is 51.5 Å². The van der Waals surface area contributed by atoms with Crippen LogP contribution in [0.15, 0.2) is 36.9 Å². The first-order valence-corrected chi connectivity index (χ1v) is 14.2. The van der Waals surface area contributed by atoms with E-state index in [1.165, 1.54) is 35.1 Å². The molecule has 14 nitrogen and oxygen atoms in total. The van der Waals surface area contributed by atoms with Crippen molar-refractivity contribution in [3.63, 3.8) is 0 Å². The van der Waals surface area contributed by atoms with Crippen LogP contribution < -0.4 is 26.0 Å². The summed E-state index contributed by atoms with van der Waals surface area (Å²) in [6.45, 7) is 4.58. The number of fused-ring (bicyclic) bond motifs is 1. The number of benzene rings is 1. The van der Waals surface area contributed by atoms with Crippen molar-refractivity contribution in [2.75, 3.05) is 18.4 Å². The summed E-state index contributed by atoms with van der Waals surface area (Å²) in [4.78, 5) is 46.0. The van der Waals surface area contributed by atoms with Crippen LogP contribution in [0, 0.1) is 11.3 Å². The number of carbonyl (C=O) groups is 3. The summed E-state index contributed by atoms with van der Waals surface area (Å²) in [6.07, 6.45) is 1.34. The van der Waals surface area contributed by atoms with Gasteiger partial charge in [0.05, 0.1) is 29.2 Å². The van der Waals surface area contributed by atoms with Crippen LogP contribution in [-0.4, -0.2) is 67.6 Å². The van der Waals surface area contributed by atoms with Gasteiger partial charge in [-0.05, 0) is 38.4 Å². The van der Waals surface area contributed by atoms with E-state index in [2.05, 4.69) is 36.3 Å². The molecule has 2 amide bonds. The average Bonchev–Trinajstić information content (AvgIpc) is 3.78. The third-order valence-electron chi connectivity index (χ3n) is 7.39. The molecule has 1 aliphatic rings. The van der Waals surface area contributed by atoms with Gasteiger partial charge < -0.3 is 26.0 Å². The second kappa shape index (κ2) is 13.2. The first-order valence-electron chi connectivity index (χ1n) is 14.2. The number of aromatic nitrogens is 5. The molecule has 1 aliphatic heterocycles. The highest BCUT2D eigenvalue weighted by Gasteiger charge is 2.38. The van der Waals surface area contributed by atoms with Crippen LogP contribution in [0.2, 0.25) is 0 Å². The molecular weight excluding hydrogens is 609 g/mol. The molecule has 0 unspecified atom stereocenters. The van der Waals surface area contributed by atoms with Gasteiger partial charge in [-0.3, -0.25) is 23.5 Å². The van der Waals surface area contributed by atoms with E-state index in [9.17, 15) is 27.6 Å². The zero-order valence-electron chi connectivity index (χ0n) is 24.7. The van der Waals surface area contributed by atoms with Crippen molar-refractivity contribution < 1.29 is 32.3 Å². The van der Waals surface area contributed by atoms with Gasteiger partial charge in [0.2, 0.25) is 5.91 Å². The molecule has 4 aromatic rings. The molecule has 2 atom stereocenters. The lowest BCUT2D eigenvalue weighted by atomic mass is 10.0. The Labute approximate surface area is 260 Å². The molecule has 0 aliphatic carbocycles. The lowest BCUT2D eigenvalue weighted by Gasteiger charge is -2.20. The van der Waals surface area contributed by atoms with Crippen molar-refractivity contribution in [1.82, 2.24) is 40.1 Å². The number of nitrogens with zero attached hydrogens (tertiary/aromatic N) is 6. The Hall–Kier alpha value is -5.50. The van der Waals surface area contributed by atoms with E-state index in [-0.39, 0.29) is 71.1 Å². The number of anilines is 2. The molecule has 4 heterocycles. The highest BCUT2D eigenvalue weighted by molar-refractivity contribution is 6.00. The van der Waals surface area contributed by atoms with Crippen LogP contribution >= 0.6 is 0 Å². The second-order valence-corrected chi connectivity index (χ2v) is 10.4. The minimum atomic E-state index is -4.80. The first kappa shape index (κ1) is 31.9. The molecule has 46 heavy (non-hydrogen) atoms. The minimum Gasteiger partial charge on any atom is -0.426 e. The number of rotatable bonds is 11. The molecule has 240 valence electrons. The molecule has 0 saturated carbocycles. The van der Waals surface area contributed by atoms with Crippen LogP contribution in [0.5, 0.6) is 5.75 Å². The number of hydrogen-bond acceptors (Lipinski definition) is 10. The number of carbonyl (C=O) groups excluding carboxylic acids is 3. The normalized spacial score (nSPS) is 15.3. The standard InChI is InChI=1S/C29H29F3N10O4/c1-3-18-19(28(45)37-16(2)27(44)38-17-6-8-34-12-17)4-5-21(23(18)46-15-43)39-25-26-36-13-22(42(26)11-9-35-25)20-14-41(10-7-33)40-24(20)29(30,31)32/h4-5,9,11,13-17,34H,3,6,8,10,12H2,1-2H3,(H,35,39)(H,37,45)(H,38,44)/t16-,17-/m1/s1. The fourth-order valence-corrected chi connectivity index (χ4v) is 5.22. The smallest absolute Gasteiger partial charge is 0.426 e. The summed E-state index contributed by atoms with van der Waals surface area (Å²) in [5, 5.41) is 24.2. The van der Waals surface area contributed by atoms with Gasteiger partial charge in [0.15, 0.2) is 22.9 Å². The van der Waals surface area contributed by atoms with Crippen molar-refractivity contribution in [2.24, 2.45) is 0 Å². The van der Waals surface area contributed by atoms with E-state index in [4.69, 9.17) is 10.00 Å². The van der Waals surface area contributed by atoms with Gasteiger partial charge in [-0.2, -0.15) is 23.5 Å². The summed E-state index contributed by atoms with van der Waals surface area (Å²) in [6, 6.07) is 3.88. The molecule has 1 saturated heterocycles. The lowest BCUT2D eigenvalue weighted by molar-refractivity contribution is -0.141. The molecule has 1 aromatic carbocycles. The van der Waals surface area contributed by atoms with E-state index in [0.717, 1.165) is 23.8 Å². The predicted molar refractivity (Wildman–Crippen MR) is 157 cm³/mol. The van der Waals surface area contributed by atoms with Gasteiger partial charge in [-0.25, -0.2) is 9.97 Å². The maximum atomic E-state index is 13.8. The fourth-order valence-electron chi connectivity index (χ4n) is 5.22. The molecule has 1 fully saturated rings. The van der Waals surface area contributed by atoms with Crippen molar-refractivity contribution in [3.8, 4) is 23.1 Å². The van der Waals surface area contributed by atoms with Gasteiger partial charge in [0, 0.05) is 42.3 Å². The fraction of sp³-hybridized carbons (Fsp3) is 0.345. The predicted octanol–water partition coefficient (Wildman–Crippen LogP) is 2.57. The third kappa shape index (κ3) is 6.47. The maximum Gasteiger partial charge on any atom is 0.435 e. The first-order chi connectivity index (χ1) is 22.0. The van der Waals surface area contributed by atoms with Crippen molar-refractivity contribution in [3.05, 3.63) is 53.7 Å². The van der Waals surface area contributed by atoms with E-state index in [1.54, 1.807) is 19.9 Å². The van der Waals surface area contributed by atoms with Crippen LogP contribution in [0.1, 0.15) is 41.9 Å². The van der Waals surface area contributed by atoms with Crippen LogP contribution in [0.4, 0.5) is 24.7 Å². The van der Waals surface area contributed by atoms with Crippen LogP contribution in [0.25, 0.3) is 16.9 Å². The van der Waals surface area contributed by atoms with Crippen molar-refractivity contribution >= 4 is 35.4 Å². The van der Waals surface area contributed by atoms with Gasteiger partial charge in [0.1, 0.15) is 12.6 Å². The number of amides is 2. The SMILES string of the molecule is CCc1c(C(=O)N[C@H](C)C(=O)N[C@@H]2CCNC2)ccc(Nc2nccn3c(-c4cn(CC#N)nc4C(F)(F)F)cnc23)c1OC=O. The highest BCUT2D eigenvalue weighted by atomic mass is 19.4. The second-order valence-electron chi connectivity index (χ2n) is 10.4. The maximum absolute atomic E-state index is 13.8. The van der Waals surface area contributed by atoms with Gasteiger partial charge in [-0.1, -0.05) is 6.92 Å². The summed E-state index contributed by atoms with van der Waals surface area (Å²) in [5.74, 6) is -0.761. The van der Waals surface area contributed by atoms with Crippen molar-refractivity contribution in [1.29, 1.82) is 5.26 Å². The lowest BCUT2D eigenvalue weighted by Crippen LogP contribution is -2.48. The Morgan fingerprint density at radius 2 is 2.11 bits per heavy atom. The molecule has 0 radical (unpaired) electrons. The van der Waals surface area contributed by atoms with Gasteiger partial charge in [-0.15, -0.1) is 0 Å². The molecule has 5 rings (SSSR count). The summed E-state index contributed by atoms with van der Waals surface area (Å²) in [5.41, 5.74) is -0.528. The topological polar surface area (TPSA) is 180 Å². The molecule has 0 spiro atoms. The van der Waals surface area contributed by atoms with Gasteiger partial charge in [0.25, 0.3) is 12.4 Å². The number of ether oxygens (including phenoxy) is 1. The molecule has 0 bridgehead atoms. The summed E-state index contributed by atoms with van der Waals surface area (Å²) >= 11 is 0. The van der Waals surface area contributed by atoms with E-state index < -0.39 is 23.8 Å². The van der Waals surface area contributed by atoms with Gasteiger partial charge >= 0.3 is 6.18 Å². The highest BCUT2D eigenvalue weighted by Crippen LogP contribution is 2.38. The number of halogens is 3. The monoisotopic (exact) mass is 638 g/mol. The molecule has 17 heteroatoms. The summed E-state index contributed by atoms with van der Waals surface area (Å²) < 4.78 is 49.0. The molecule has 4 N–H and O–H groups in total. The van der Waals surface area contributed by atoms with Crippen LogP contribution in [0.3, 0.4) is 0 Å². The Balaban J connectivity index is 1.45. The van der Waals surface area contributed by atoms with E-state index >= 15 is 0 Å². The Morgan fingerprint density at radius 1 is 1.30 bits per heavy atom. The Kier molecular flexibility index (Phi) is 9.18. The van der Waals surface area contributed by atoms with Crippen LogP contribution in [-0.2, 0) is 28.7 Å². The molecular formula is C29H29F3N10O4. The van der Waals surface area contributed by atoms with E-state index in [1.807, 2.05) is 0 Å². The average molecular weight is 639 g/mol. The summed E-state index contributed by atoms with van der Waals surface area (Å²) in [7, 11) is 0. The number of alkyl halides is 3. The largest absolute Gasteiger partial charge is 0.435 e. The number of nitrogens with one attached hydrogen (secondary N) is 4. The third-order valence-corrected chi connectivity index (χ3v) is 7.39.